The van der Waals surface area contributed by atoms with E-state index in [4.69, 9.17) is 0 Å². The third-order valence-corrected chi connectivity index (χ3v) is 6.33. The molecule has 1 aromatic rings. The number of aryl methyl sites for hydroxylation is 1. The topological polar surface area (TPSA) is 109 Å². The Bertz CT molecular complexity index is 617. The summed E-state index contributed by atoms with van der Waals surface area (Å²) in [5.41, 5.74) is 0.724. The molecule has 1 fully saturated rings. The van der Waals surface area contributed by atoms with Crippen LogP contribution in [0, 0.1) is 6.92 Å². The third kappa shape index (κ3) is 2.78. The van der Waals surface area contributed by atoms with E-state index >= 15 is 0 Å². The van der Waals surface area contributed by atoms with Gasteiger partial charge < -0.3 is 0 Å². The number of aromatic amines is 1. The fourth-order valence-electron chi connectivity index (χ4n) is 1.71. The van der Waals surface area contributed by atoms with Crippen molar-refractivity contribution in [3.05, 3.63) is 11.8 Å². The molecule has 1 aromatic heterocycles. The van der Waals surface area contributed by atoms with Crippen LogP contribution in [0.1, 0.15) is 12.1 Å². The molecule has 0 amide bonds. The van der Waals surface area contributed by atoms with Crippen LogP contribution in [0.2, 0.25) is 0 Å². The zero-order valence-electron chi connectivity index (χ0n) is 9.17. The highest BCUT2D eigenvalue weighted by Crippen LogP contribution is 2.20. The molecule has 2 N–H and O–H groups in total. The maximum absolute atomic E-state index is 11.9. The number of anilines is 1. The Hall–Kier alpha value is -1.09. The van der Waals surface area contributed by atoms with Crippen LogP contribution in [0.25, 0.3) is 0 Å². The van der Waals surface area contributed by atoms with Crippen molar-refractivity contribution in [2.45, 2.75) is 18.6 Å². The van der Waals surface area contributed by atoms with E-state index < -0.39 is 25.1 Å². The van der Waals surface area contributed by atoms with Crippen LogP contribution in [0.3, 0.4) is 0 Å². The molecule has 2 rings (SSSR count). The normalized spacial score (nSPS) is 23.7. The molecule has 7 nitrogen and oxygen atoms in total. The van der Waals surface area contributed by atoms with Crippen LogP contribution in [0.5, 0.6) is 0 Å². The van der Waals surface area contributed by atoms with Crippen LogP contribution in [-0.2, 0) is 19.9 Å². The highest BCUT2D eigenvalue weighted by atomic mass is 32.2. The standard InChI is InChI=1S/C8H13N3O4S2/c1-6-4-8(10-9-6)11-17(14,15)7-2-3-16(12,13)5-7/h4,7H,2-3,5H2,1H3,(H2,9,10,11). The van der Waals surface area contributed by atoms with Gasteiger partial charge in [-0.1, -0.05) is 0 Å². The van der Waals surface area contributed by atoms with E-state index in [0.717, 1.165) is 5.69 Å². The van der Waals surface area contributed by atoms with Gasteiger partial charge in [-0.2, -0.15) is 5.10 Å². The molecule has 96 valence electrons. The molecule has 2 heterocycles. The highest BCUT2D eigenvalue weighted by molar-refractivity contribution is 7.97. The number of nitrogens with zero attached hydrogens (tertiary/aromatic N) is 1. The molecule has 0 saturated carbocycles. The first-order valence-electron chi connectivity index (χ1n) is 5.02. The first-order valence-corrected chi connectivity index (χ1v) is 8.39. The molecule has 1 aliphatic rings. The van der Waals surface area contributed by atoms with Crippen molar-refractivity contribution in [3.8, 4) is 0 Å². The van der Waals surface area contributed by atoms with Crippen molar-refractivity contribution in [2.24, 2.45) is 0 Å². The molecule has 1 unspecified atom stereocenters. The van der Waals surface area contributed by atoms with Gasteiger partial charge in [0, 0.05) is 11.8 Å². The number of hydrogen-bond donors (Lipinski definition) is 2. The summed E-state index contributed by atoms with van der Waals surface area (Å²) in [6.07, 6.45) is 0.140. The summed E-state index contributed by atoms with van der Waals surface area (Å²) in [6.45, 7) is 1.74. The molecule has 0 radical (unpaired) electrons. The maximum atomic E-state index is 11.9. The Labute approximate surface area is 99.6 Å². The second-order valence-corrected chi connectivity index (χ2v) is 8.30. The van der Waals surface area contributed by atoms with E-state index in [1.165, 1.54) is 0 Å². The monoisotopic (exact) mass is 279 g/mol. The van der Waals surface area contributed by atoms with E-state index in [1.54, 1.807) is 13.0 Å². The Kier molecular flexibility index (Phi) is 2.90. The Morgan fingerprint density at radius 3 is 2.71 bits per heavy atom. The number of aromatic nitrogens is 2. The van der Waals surface area contributed by atoms with E-state index in [1.807, 2.05) is 0 Å². The summed E-state index contributed by atoms with van der Waals surface area (Å²) in [7, 11) is -6.90. The van der Waals surface area contributed by atoms with Crippen molar-refractivity contribution in [1.82, 2.24) is 10.2 Å². The fourth-order valence-corrected chi connectivity index (χ4v) is 5.73. The molecule has 9 heteroatoms. The van der Waals surface area contributed by atoms with Gasteiger partial charge in [0.25, 0.3) is 0 Å². The zero-order valence-corrected chi connectivity index (χ0v) is 10.8. The predicted molar refractivity (Wildman–Crippen MR) is 62.9 cm³/mol. The molecule has 0 aromatic carbocycles. The minimum atomic E-state index is -3.68. The summed E-state index contributed by atoms with van der Waals surface area (Å²) in [4.78, 5) is 0. The van der Waals surface area contributed by atoms with E-state index in [-0.39, 0.29) is 23.7 Å². The van der Waals surface area contributed by atoms with Crippen molar-refractivity contribution in [1.29, 1.82) is 0 Å². The van der Waals surface area contributed by atoms with Crippen molar-refractivity contribution in [2.75, 3.05) is 16.2 Å². The second kappa shape index (κ2) is 3.98. The Morgan fingerprint density at radius 2 is 2.24 bits per heavy atom. The number of sulfone groups is 1. The van der Waals surface area contributed by atoms with Crippen LogP contribution in [-0.4, -0.2) is 43.8 Å². The predicted octanol–water partition coefficient (Wildman–Crippen LogP) is -0.353. The first-order chi connectivity index (χ1) is 7.78. The van der Waals surface area contributed by atoms with Crippen LogP contribution in [0.4, 0.5) is 5.82 Å². The zero-order chi connectivity index (χ0) is 12.7. The molecule has 0 spiro atoms. The molecular weight excluding hydrogens is 266 g/mol. The van der Waals surface area contributed by atoms with Gasteiger partial charge in [0.1, 0.15) is 0 Å². The maximum Gasteiger partial charge on any atom is 0.237 e. The van der Waals surface area contributed by atoms with Crippen molar-refractivity contribution < 1.29 is 16.8 Å². The van der Waals surface area contributed by atoms with Gasteiger partial charge in [0.05, 0.1) is 16.8 Å². The highest BCUT2D eigenvalue weighted by Gasteiger charge is 2.37. The summed E-state index contributed by atoms with van der Waals surface area (Å²) in [5.74, 6) is -0.198. The summed E-state index contributed by atoms with van der Waals surface area (Å²) < 4.78 is 48.5. The third-order valence-electron chi connectivity index (χ3n) is 2.58. The number of hydrogen-bond acceptors (Lipinski definition) is 5. The lowest BCUT2D eigenvalue weighted by atomic mass is 10.4. The van der Waals surface area contributed by atoms with Gasteiger partial charge in [-0.3, -0.25) is 9.82 Å². The van der Waals surface area contributed by atoms with Crippen molar-refractivity contribution >= 4 is 25.7 Å². The number of nitrogens with one attached hydrogen (secondary N) is 2. The largest absolute Gasteiger partial charge is 0.281 e. The molecule has 0 aliphatic carbocycles. The van der Waals surface area contributed by atoms with E-state index in [2.05, 4.69) is 14.9 Å². The quantitative estimate of drug-likeness (QED) is 0.785. The van der Waals surface area contributed by atoms with Gasteiger partial charge in [0.2, 0.25) is 10.0 Å². The van der Waals surface area contributed by atoms with Crippen LogP contribution >= 0.6 is 0 Å². The average Bonchev–Trinajstić information content (AvgIpc) is 2.72. The summed E-state index contributed by atoms with van der Waals surface area (Å²) in [5, 5.41) is 5.46. The van der Waals surface area contributed by atoms with E-state index in [0.29, 0.717) is 0 Å². The fraction of sp³-hybridized carbons (Fsp3) is 0.625. The minimum absolute atomic E-state index is 0.0713. The minimum Gasteiger partial charge on any atom is -0.281 e. The number of H-pyrrole nitrogens is 1. The molecule has 17 heavy (non-hydrogen) atoms. The molecule has 0 bridgehead atoms. The Morgan fingerprint density at radius 1 is 1.53 bits per heavy atom. The van der Waals surface area contributed by atoms with Crippen molar-refractivity contribution in [3.63, 3.8) is 0 Å². The number of rotatable bonds is 3. The van der Waals surface area contributed by atoms with Gasteiger partial charge in [-0.05, 0) is 13.3 Å². The van der Waals surface area contributed by atoms with Gasteiger partial charge in [-0.15, -0.1) is 0 Å². The first kappa shape index (κ1) is 12.4. The second-order valence-electron chi connectivity index (χ2n) is 4.11. The Balaban J connectivity index is 2.15. The molecule has 1 saturated heterocycles. The summed E-state index contributed by atoms with van der Waals surface area (Å²) in [6, 6.07) is 1.54. The lowest BCUT2D eigenvalue weighted by molar-refractivity contribution is 0.587. The van der Waals surface area contributed by atoms with Crippen LogP contribution < -0.4 is 4.72 Å². The smallest absolute Gasteiger partial charge is 0.237 e. The van der Waals surface area contributed by atoms with Gasteiger partial charge in [-0.25, -0.2) is 16.8 Å². The number of sulfonamides is 1. The molecule has 1 atom stereocenters. The SMILES string of the molecule is Cc1cc(NS(=O)(=O)C2CCS(=O)(=O)C2)n[nH]1. The summed E-state index contributed by atoms with van der Waals surface area (Å²) >= 11 is 0. The average molecular weight is 279 g/mol. The molecular formula is C8H13N3O4S2. The lowest BCUT2D eigenvalue weighted by Gasteiger charge is -2.09. The van der Waals surface area contributed by atoms with Gasteiger partial charge >= 0.3 is 0 Å². The van der Waals surface area contributed by atoms with Gasteiger partial charge in [0.15, 0.2) is 15.7 Å². The molecule has 1 aliphatic heterocycles. The lowest BCUT2D eigenvalue weighted by Crippen LogP contribution is -2.28. The van der Waals surface area contributed by atoms with Crippen LogP contribution in [0.15, 0.2) is 6.07 Å². The van der Waals surface area contributed by atoms with E-state index in [9.17, 15) is 16.8 Å².